The predicted molar refractivity (Wildman–Crippen MR) is 45.9 cm³/mol. The fourth-order valence-electron chi connectivity index (χ4n) is 0.409. The Labute approximate surface area is 74.7 Å². The summed E-state index contributed by atoms with van der Waals surface area (Å²) in [6, 6.07) is -0.732. The van der Waals surface area contributed by atoms with E-state index in [-0.39, 0.29) is 0 Å². The van der Waals surface area contributed by atoms with Crippen molar-refractivity contribution in [1.29, 1.82) is 0 Å². The molecule has 2 amide bonds. The van der Waals surface area contributed by atoms with E-state index in [1.807, 2.05) is 12.3 Å². The Bertz CT molecular complexity index is 169. The van der Waals surface area contributed by atoms with Crippen LogP contribution in [0.3, 0.4) is 0 Å². The van der Waals surface area contributed by atoms with Crippen LogP contribution in [0.5, 0.6) is 0 Å². The number of carbonyl (C=O) groups excluding carboxylic acids is 1. The van der Waals surface area contributed by atoms with Crippen molar-refractivity contribution in [3.05, 3.63) is 0 Å². The van der Waals surface area contributed by atoms with Crippen molar-refractivity contribution in [1.82, 2.24) is 5.43 Å². The molecule has 0 unspecified atom stereocenters. The molecule has 0 aromatic rings. The normalized spacial score (nSPS) is 11.8. The molecule has 0 aromatic heterocycles. The number of amides is 2. The lowest BCUT2D eigenvalue weighted by Gasteiger charge is -2.02. The molecule has 0 saturated carbocycles. The number of primary amides is 1. The van der Waals surface area contributed by atoms with Crippen LogP contribution < -0.4 is 11.2 Å². The van der Waals surface area contributed by atoms with Crippen molar-refractivity contribution < 1.29 is 4.79 Å². The van der Waals surface area contributed by atoms with E-state index in [1.165, 1.54) is 0 Å². The maximum absolute atomic E-state index is 10.2. The standard InChI is InChI=1S/C5H9Cl2N3O/c1-2-3(4(6)7)9-10-5(8)11/h4H,2H2,1H3,(H3,8,10,11)/b9-3+. The molecule has 0 fully saturated rings. The molecule has 0 aliphatic heterocycles. The summed E-state index contributed by atoms with van der Waals surface area (Å²) in [6.45, 7) is 1.82. The van der Waals surface area contributed by atoms with Crippen LogP contribution in [0.15, 0.2) is 5.10 Å². The first-order chi connectivity index (χ1) is 5.07. The topological polar surface area (TPSA) is 67.5 Å². The molecule has 0 aliphatic carbocycles. The molecule has 0 saturated heterocycles. The van der Waals surface area contributed by atoms with Crippen LogP contribution >= 0.6 is 23.2 Å². The third-order valence-electron chi connectivity index (χ3n) is 0.924. The number of hydrazone groups is 1. The van der Waals surface area contributed by atoms with E-state index in [1.54, 1.807) is 0 Å². The molecule has 0 aromatic carbocycles. The summed E-state index contributed by atoms with van der Waals surface area (Å²) in [4.78, 5) is 9.46. The Hall–Kier alpha value is -0.480. The Morgan fingerprint density at radius 1 is 1.73 bits per heavy atom. The van der Waals surface area contributed by atoms with Crippen LogP contribution in [0.25, 0.3) is 0 Å². The van der Waals surface area contributed by atoms with Gasteiger partial charge in [0.1, 0.15) is 4.84 Å². The van der Waals surface area contributed by atoms with E-state index in [9.17, 15) is 4.79 Å². The van der Waals surface area contributed by atoms with Gasteiger partial charge in [0, 0.05) is 0 Å². The van der Waals surface area contributed by atoms with Crippen LogP contribution in [0.1, 0.15) is 13.3 Å². The highest BCUT2D eigenvalue weighted by Gasteiger charge is 2.06. The molecule has 0 radical (unpaired) electrons. The molecule has 6 heteroatoms. The highest BCUT2D eigenvalue weighted by Crippen LogP contribution is 2.06. The van der Waals surface area contributed by atoms with Gasteiger partial charge in [-0.3, -0.25) is 0 Å². The number of hydrogen-bond acceptors (Lipinski definition) is 2. The number of halogens is 2. The fraction of sp³-hybridized carbons (Fsp3) is 0.600. The number of hydrogen-bond donors (Lipinski definition) is 2. The van der Waals surface area contributed by atoms with E-state index in [4.69, 9.17) is 28.9 Å². The van der Waals surface area contributed by atoms with Gasteiger partial charge >= 0.3 is 6.03 Å². The summed E-state index contributed by atoms with van der Waals surface area (Å²) < 4.78 is 0. The molecule has 0 aliphatic rings. The third kappa shape index (κ3) is 4.86. The average Bonchev–Trinajstić information content (AvgIpc) is 1.87. The SMILES string of the molecule is CC/C(=N\NC(N)=O)C(Cl)Cl. The number of alkyl halides is 2. The number of rotatable bonds is 3. The average molecular weight is 198 g/mol. The van der Waals surface area contributed by atoms with Gasteiger partial charge in [0.15, 0.2) is 0 Å². The zero-order chi connectivity index (χ0) is 8.85. The maximum Gasteiger partial charge on any atom is 0.332 e. The van der Waals surface area contributed by atoms with E-state index in [0.717, 1.165) is 0 Å². The van der Waals surface area contributed by atoms with Gasteiger partial charge in [-0.05, 0) is 6.42 Å². The lowest BCUT2D eigenvalue weighted by Crippen LogP contribution is -2.26. The number of nitrogens with two attached hydrogens (primary N) is 1. The molecule has 0 rings (SSSR count). The molecule has 0 atom stereocenters. The molecule has 4 nitrogen and oxygen atoms in total. The molecule has 64 valence electrons. The van der Waals surface area contributed by atoms with E-state index in [0.29, 0.717) is 12.1 Å². The third-order valence-corrected chi connectivity index (χ3v) is 1.43. The van der Waals surface area contributed by atoms with Gasteiger partial charge in [0.25, 0.3) is 0 Å². The summed E-state index contributed by atoms with van der Waals surface area (Å²) in [5.74, 6) is 0. The second kappa shape index (κ2) is 5.21. The first-order valence-electron chi connectivity index (χ1n) is 2.98. The van der Waals surface area contributed by atoms with Crippen molar-refractivity contribution in [3.63, 3.8) is 0 Å². The number of carbonyl (C=O) groups is 1. The zero-order valence-electron chi connectivity index (χ0n) is 5.97. The van der Waals surface area contributed by atoms with Crippen molar-refractivity contribution in [2.75, 3.05) is 0 Å². The highest BCUT2D eigenvalue weighted by atomic mass is 35.5. The molecule has 0 bridgehead atoms. The molecule has 0 spiro atoms. The maximum atomic E-state index is 10.2. The Morgan fingerprint density at radius 3 is 2.55 bits per heavy atom. The minimum Gasteiger partial charge on any atom is -0.350 e. The molecule has 0 heterocycles. The largest absolute Gasteiger partial charge is 0.350 e. The molecule has 11 heavy (non-hydrogen) atoms. The Morgan fingerprint density at radius 2 is 2.27 bits per heavy atom. The van der Waals surface area contributed by atoms with Crippen molar-refractivity contribution >= 4 is 34.9 Å². The van der Waals surface area contributed by atoms with Gasteiger partial charge in [-0.2, -0.15) is 5.10 Å². The number of nitrogens with one attached hydrogen (secondary N) is 1. The van der Waals surface area contributed by atoms with Gasteiger partial charge < -0.3 is 5.73 Å². The van der Waals surface area contributed by atoms with Gasteiger partial charge in [-0.15, -0.1) is 0 Å². The lowest BCUT2D eigenvalue weighted by molar-refractivity contribution is 0.249. The predicted octanol–water partition coefficient (Wildman–Crippen LogP) is 1.22. The van der Waals surface area contributed by atoms with Crippen molar-refractivity contribution in [2.24, 2.45) is 10.8 Å². The van der Waals surface area contributed by atoms with Crippen LogP contribution in [-0.4, -0.2) is 16.6 Å². The van der Waals surface area contributed by atoms with Crippen LogP contribution in [0.2, 0.25) is 0 Å². The lowest BCUT2D eigenvalue weighted by atomic mass is 10.3. The van der Waals surface area contributed by atoms with Crippen LogP contribution in [-0.2, 0) is 0 Å². The van der Waals surface area contributed by atoms with Gasteiger partial charge in [-0.1, -0.05) is 30.1 Å². The molecule has 3 N–H and O–H groups in total. The number of nitrogens with zero attached hydrogens (tertiary/aromatic N) is 1. The summed E-state index contributed by atoms with van der Waals surface area (Å²) in [5, 5.41) is 3.57. The zero-order valence-corrected chi connectivity index (χ0v) is 7.49. The van der Waals surface area contributed by atoms with E-state index >= 15 is 0 Å². The fourth-order valence-corrected chi connectivity index (χ4v) is 0.815. The summed E-state index contributed by atoms with van der Waals surface area (Å²) in [6.07, 6.45) is 0.567. The van der Waals surface area contributed by atoms with Crippen LogP contribution in [0.4, 0.5) is 4.79 Å². The van der Waals surface area contributed by atoms with Gasteiger partial charge in [0.05, 0.1) is 5.71 Å². The minimum atomic E-state index is -0.732. The molecular formula is C5H9Cl2N3O. The monoisotopic (exact) mass is 197 g/mol. The second-order valence-corrected chi connectivity index (χ2v) is 2.83. The Kier molecular flexibility index (Phi) is 4.98. The highest BCUT2D eigenvalue weighted by molar-refractivity contribution is 6.54. The smallest absolute Gasteiger partial charge is 0.332 e. The summed E-state index contributed by atoms with van der Waals surface area (Å²) in [7, 11) is 0. The van der Waals surface area contributed by atoms with E-state index < -0.39 is 10.9 Å². The first kappa shape index (κ1) is 10.5. The van der Waals surface area contributed by atoms with Gasteiger partial charge in [0.2, 0.25) is 0 Å². The van der Waals surface area contributed by atoms with E-state index in [2.05, 4.69) is 5.10 Å². The Balaban J connectivity index is 4.01. The minimum absolute atomic E-state index is 0.479. The van der Waals surface area contributed by atoms with Crippen molar-refractivity contribution in [2.45, 2.75) is 18.2 Å². The van der Waals surface area contributed by atoms with Crippen LogP contribution in [0, 0.1) is 0 Å². The van der Waals surface area contributed by atoms with Gasteiger partial charge in [-0.25, -0.2) is 10.2 Å². The molecular weight excluding hydrogens is 189 g/mol. The second-order valence-electron chi connectivity index (χ2n) is 1.73. The summed E-state index contributed by atoms with van der Waals surface area (Å²) >= 11 is 10.9. The number of urea groups is 1. The van der Waals surface area contributed by atoms with Crippen molar-refractivity contribution in [3.8, 4) is 0 Å². The quantitative estimate of drug-likeness (QED) is 0.399. The summed E-state index contributed by atoms with van der Waals surface area (Å²) in [5.41, 5.74) is 7.27. The first-order valence-corrected chi connectivity index (χ1v) is 3.85.